The van der Waals surface area contributed by atoms with Crippen molar-refractivity contribution in [1.29, 1.82) is 0 Å². The van der Waals surface area contributed by atoms with Gasteiger partial charge in [0.1, 0.15) is 0 Å². The zero-order valence-electron chi connectivity index (χ0n) is 13.4. The molecule has 0 spiro atoms. The SMILES string of the molecule is CC(Sc1ccccc1C(=O)N1CCS(=O)(=O)C(C(=O)O)C1)C(N)=O. The molecule has 1 heterocycles. The van der Waals surface area contributed by atoms with E-state index in [9.17, 15) is 22.8 Å². The van der Waals surface area contributed by atoms with Crippen molar-refractivity contribution < 1.29 is 27.9 Å². The van der Waals surface area contributed by atoms with Gasteiger partial charge >= 0.3 is 5.97 Å². The predicted octanol–water partition coefficient (Wildman–Crippen LogP) is -0.0237. The maximum Gasteiger partial charge on any atom is 0.323 e. The molecule has 2 amide bonds. The summed E-state index contributed by atoms with van der Waals surface area (Å²) in [6.45, 7) is 1.14. The molecule has 0 aliphatic carbocycles. The molecule has 0 saturated carbocycles. The number of thioether (sulfide) groups is 1. The van der Waals surface area contributed by atoms with Gasteiger partial charge in [-0.1, -0.05) is 12.1 Å². The molecule has 2 atom stereocenters. The molecule has 1 fully saturated rings. The molecule has 2 unspecified atom stereocenters. The molecule has 10 heteroatoms. The van der Waals surface area contributed by atoms with Crippen molar-refractivity contribution in [3.8, 4) is 0 Å². The third kappa shape index (κ3) is 4.31. The number of carboxylic acids is 1. The number of hydrogen-bond donors (Lipinski definition) is 2. The fraction of sp³-hybridized carbons (Fsp3) is 0.400. The summed E-state index contributed by atoms with van der Waals surface area (Å²) >= 11 is 1.12. The maximum atomic E-state index is 12.8. The summed E-state index contributed by atoms with van der Waals surface area (Å²) in [7, 11) is -3.77. The van der Waals surface area contributed by atoms with E-state index in [2.05, 4.69) is 0 Å². The lowest BCUT2D eigenvalue weighted by Crippen LogP contribution is -2.52. The van der Waals surface area contributed by atoms with Gasteiger partial charge < -0.3 is 15.7 Å². The summed E-state index contributed by atoms with van der Waals surface area (Å²) in [4.78, 5) is 36.9. The first-order valence-corrected chi connectivity index (χ1v) is 10.0. The molecule has 8 nitrogen and oxygen atoms in total. The smallest absolute Gasteiger partial charge is 0.323 e. The Hall–Kier alpha value is -2.07. The number of carbonyl (C=O) groups excluding carboxylic acids is 2. The van der Waals surface area contributed by atoms with Gasteiger partial charge in [-0.2, -0.15) is 0 Å². The molecule has 2 rings (SSSR count). The number of sulfone groups is 1. The van der Waals surface area contributed by atoms with Crippen molar-refractivity contribution in [3.05, 3.63) is 29.8 Å². The normalized spacial score (nSPS) is 20.7. The molecule has 1 aliphatic rings. The van der Waals surface area contributed by atoms with Crippen LogP contribution < -0.4 is 5.73 Å². The quantitative estimate of drug-likeness (QED) is 0.679. The summed E-state index contributed by atoms with van der Waals surface area (Å²) in [5.74, 6) is -2.87. The highest BCUT2D eigenvalue weighted by Crippen LogP contribution is 2.28. The Balaban J connectivity index is 2.27. The molecule has 1 aromatic carbocycles. The number of nitrogens with two attached hydrogens (primary N) is 1. The predicted molar refractivity (Wildman–Crippen MR) is 92.1 cm³/mol. The minimum Gasteiger partial charge on any atom is -0.480 e. The number of carboxylic acid groups (broad SMARTS) is 1. The standard InChI is InChI=1S/C15H18N2O6S2/c1-9(13(16)18)24-11-5-3-2-4-10(11)14(19)17-6-7-25(22,23)12(8-17)15(20)21/h2-5,9,12H,6-8H2,1H3,(H2,16,18)(H,20,21). The molecular formula is C15H18N2O6S2. The van der Waals surface area contributed by atoms with Crippen LogP contribution >= 0.6 is 11.8 Å². The van der Waals surface area contributed by atoms with E-state index in [0.29, 0.717) is 4.90 Å². The van der Waals surface area contributed by atoms with Crippen LogP contribution in [0.1, 0.15) is 17.3 Å². The number of aliphatic carboxylic acids is 1. The highest BCUT2D eigenvalue weighted by atomic mass is 32.2. The summed E-state index contributed by atoms with van der Waals surface area (Å²) in [6.07, 6.45) is 0. The number of carbonyl (C=O) groups is 3. The van der Waals surface area contributed by atoms with Gasteiger partial charge in [0.25, 0.3) is 5.91 Å². The Morgan fingerprint density at radius 3 is 2.56 bits per heavy atom. The molecule has 1 aliphatic heterocycles. The van der Waals surface area contributed by atoms with Crippen LogP contribution in [0.4, 0.5) is 0 Å². The molecule has 1 aromatic rings. The van der Waals surface area contributed by atoms with Crippen molar-refractivity contribution in [1.82, 2.24) is 4.90 Å². The van der Waals surface area contributed by atoms with Crippen LogP contribution in [-0.2, 0) is 19.4 Å². The van der Waals surface area contributed by atoms with Crippen molar-refractivity contribution >= 4 is 39.4 Å². The van der Waals surface area contributed by atoms with E-state index in [1.165, 1.54) is 4.90 Å². The monoisotopic (exact) mass is 386 g/mol. The second kappa shape index (κ2) is 7.44. The second-order valence-corrected chi connectivity index (χ2v) is 9.29. The van der Waals surface area contributed by atoms with Gasteiger partial charge in [-0.15, -0.1) is 11.8 Å². The molecular weight excluding hydrogens is 368 g/mol. The number of benzene rings is 1. The van der Waals surface area contributed by atoms with E-state index in [1.54, 1.807) is 31.2 Å². The van der Waals surface area contributed by atoms with Crippen molar-refractivity contribution in [2.24, 2.45) is 5.73 Å². The summed E-state index contributed by atoms with van der Waals surface area (Å²) in [5.41, 5.74) is 5.53. The lowest BCUT2D eigenvalue weighted by Gasteiger charge is -2.31. The highest BCUT2D eigenvalue weighted by Gasteiger charge is 2.40. The fourth-order valence-electron chi connectivity index (χ4n) is 2.37. The van der Waals surface area contributed by atoms with Gasteiger partial charge in [0.15, 0.2) is 15.1 Å². The van der Waals surface area contributed by atoms with Gasteiger partial charge in [0, 0.05) is 18.0 Å². The van der Waals surface area contributed by atoms with Crippen LogP contribution in [0.5, 0.6) is 0 Å². The molecule has 0 radical (unpaired) electrons. The van der Waals surface area contributed by atoms with Gasteiger partial charge in [-0.25, -0.2) is 8.42 Å². The largest absolute Gasteiger partial charge is 0.480 e. The summed E-state index contributed by atoms with van der Waals surface area (Å²) < 4.78 is 23.7. The molecule has 25 heavy (non-hydrogen) atoms. The highest BCUT2D eigenvalue weighted by molar-refractivity contribution is 8.00. The Bertz CT molecular complexity index is 808. The molecule has 0 aromatic heterocycles. The molecule has 0 bridgehead atoms. The molecule has 3 N–H and O–H groups in total. The number of rotatable bonds is 5. The summed E-state index contributed by atoms with van der Waals surface area (Å²) in [5, 5.41) is 6.92. The van der Waals surface area contributed by atoms with E-state index < -0.39 is 50.4 Å². The number of primary amides is 1. The fourth-order valence-corrected chi connectivity index (χ4v) is 4.78. The van der Waals surface area contributed by atoms with Gasteiger partial charge in [0.05, 0.1) is 16.6 Å². The second-order valence-electron chi connectivity index (χ2n) is 5.60. The Morgan fingerprint density at radius 1 is 1.32 bits per heavy atom. The van der Waals surface area contributed by atoms with E-state index in [1.807, 2.05) is 0 Å². The third-order valence-corrected chi connectivity index (χ3v) is 7.02. The maximum absolute atomic E-state index is 12.8. The van der Waals surface area contributed by atoms with Crippen molar-refractivity contribution in [2.75, 3.05) is 18.8 Å². The van der Waals surface area contributed by atoms with Crippen LogP contribution in [0.25, 0.3) is 0 Å². The average molecular weight is 386 g/mol. The minimum absolute atomic E-state index is 0.0741. The van der Waals surface area contributed by atoms with Crippen molar-refractivity contribution in [3.63, 3.8) is 0 Å². The van der Waals surface area contributed by atoms with E-state index in [0.717, 1.165) is 11.8 Å². The Morgan fingerprint density at radius 2 is 1.96 bits per heavy atom. The van der Waals surface area contributed by atoms with E-state index in [-0.39, 0.29) is 12.1 Å². The first-order valence-electron chi connectivity index (χ1n) is 7.42. The van der Waals surface area contributed by atoms with E-state index in [4.69, 9.17) is 10.8 Å². The van der Waals surface area contributed by atoms with Crippen molar-refractivity contribution in [2.45, 2.75) is 22.3 Å². The first-order chi connectivity index (χ1) is 11.6. The Kier molecular flexibility index (Phi) is 5.73. The van der Waals surface area contributed by atoms with Crippen LogP contribution in [0, 0.1) is 0 Å². The van der Waals surface area contributed by atoms with Crippen LogP contribution in [0.15, 0.2) is 29.2 Å². The zero-order chi connectivity index (χ0) is 18.8. The van der Waals surface area contributed by atoms with E-state index >= 15 is 0 Å². The number of nitrogens with zero attached hydrogens (tertiary/aromatic N) is 1. The topological polar surface area (TPSA) is 135 Å². The van der Waals surface area contributed by atoms with Crippen LogP contribution in [0.2, 0.25) is 0 Å². The zero-order valence-corrected chi connectivity index (χ0v) is 15.0. The lowest BCUT2D eigenvalue weighted by molar-refractivity contribution is -0.136. The van der Waals surface area contributed by atoms with Gasteiger partial charge in [-0.05, 0) is 19.1 Å². The van der Waals surface area contributed by atoms with Crippen LogP contribution in [0.3, 0.4) is 0 Å². The summed E-state index contributed by atoms with van der Waals surface area (Å²) in [6, 6.07) is 6.55. The minimum atomic E-state index is -3.77. The number of amides is 2. The first kappa shape index (κ1) is 19.3. The lowest BCUT2D eigenvalue weighted by atomic mass is 10.2. The van der Waals surface area contributed by atoms with Crippen LogP contribution in [-0.4, -0.2) is 65.6 Å². The van der Waals surface area contributed by atoms with Gasteiger partial charge in [-0.3, -0.25) is 14.4 Å². The van der Waals surface area contributed by atoms with Gasteiger partial charge in [0.2, 0.25) is 5.91 Å². The average Bonchev–Trinajstić information content (AvgIpc) is 2.54. The molecule has 136 valence electrons. The molecule has 1 saturated heterocycles. The third-order valence-electron chi connectivity index (χ3n) is 3.85. The Labute approximate surface area is 149 Å². The number of hydrogen-bond acceptors (Lipinski definition) is 6.